The second-order valence-electron chi connectivity index (χ2n) is 8.24. The second kappa shape index (κ2) is 7.48. The van der Waals surface area contributed by atoms with E-state index < -0.39 is 5.91 Å². The third-order valence-electron chi connectivity index (χ3n) is 4.93. The van der Waals surface area contributed by atoms with E-state index in [2.05, 4.69) is 36.8 Å². The molecule has 3 aromatic rings. The molecule has 29 heavy (non-hydrogen) atoms. The molecule has 150 valence electrons. The van der Waals surface area contributed by atoms with Gasteiger partial charge < -0.3 is 10.7 Å². The summed E-state index contributed by atoms with van der Waals surface area (Å²) in [7, 11) is 0. The summed E-state index contributed by atoms with van der Waals surface area (Å²) in [6.45, 7) is 10.1. The maximum atomic E-state index is 12.9. The largest absolute Gasteiger partial charge is 0.366 e. The first-order valence-corrected chi connectivity index (χ1v) is 9.68. The number of hydrogen-bond donors (Lipinski definition) is 2. The van der Waals surface area contributed by atoms with Crippen LogP contribution in [0.1, 0.15) is 48.0 Å². The molecule has 0 saturated carbocycles. The highest BCUT2D eigenvalue weighted by Crippen LogP contribution is 2.35. The van der Waals surface area contributed by atoms with Crippen LogP contribution in [0.25, 0.3) is 22.5 Å². The van der Waals surface area contributed by atoms with Gasteiger partial charge in [0.1, 0.15) is 0 Å². The van der Waals surface area contributed by atoms with Gasteiger partial charge in [-0.25, -0.2) is 0 Å². The zero-order valence-electron chi connectivity index (χ0n) is 17.2. The Bertz CT molecular complexity index is 1170. The van der Waals surface area contributed by atoms with Crippen LogP contribution in [-0.4, -0.2) is 15.9 Å². The first-order valence-electron chi connectivity index (χ1n) is 9.30. The van der Waals surface area contributed by atoms with Crippen LogP contribution in [0.3, 0.4) is 0 Å². The van der Waals surface area contributed by atoms with Crippen molar-refractivity contribution in [2.24, 2.45) is 5.73 Å². The van der Waals surface area contributed by atoms with Crippen LogP contribution in [0, 0.1) is 13.8 Å². The molecule has 1 amide bonds. The number of nitrogens with zero attached hydrogens (tertiary/aromatic N) is 1. The molecule has 0 radical (unpaired) electrons. The topological polar surface area (TPSA) is 88.8 Å². The van der Waals surface area contributed by atoms with Crippen LogP contribution in [0.15, 0.2) is 41.3 Å². The van der Waals surface area contributed by atoms with Crippen LogP contribution in [-0.2, 0) is 5.41 Å². The first-order chi connectivity index (χ1) is 13.5. The molecule has 5 nitrogen and oxygen atoms in total. The number of halogens is 1. The van der Waals surface area contributed by atoms with Gasteiger partial charge in [0.2, 0.25) is 5.91 Å². The Morgan fingerprint density at radius 3 is 2.41 bits per heavy atom. The average molecular weight is 410 g/mol. The van der Waals surface area contributed by atoms with E-state index in [1.54, 1.807) is 6.92 Å². The van der Waals surface area contributed by atoms with Gasteiger partial charge in [-0.2, -0.15) is 0 Å². The molecule has 0 aliphatic heterocycles. The van der Waals surface area contributed by atoms with Gasteiger partial charge in [-0.1, -0.05) is 38.4 Å². The molecule has 2 aromatic heterocycles. The van der Waals surface area contributed by atoms with Crippen molar-refractivity contribution in [3.63, 3.8) is 0 Å². The van der Waals surface area contributed by atoms with Crippen molar-refractivity contribution < 1.29 is 4.79 Å². The highest BCUT2D eigenvalue weighted by molar-refractivity contribution is 6.31. The molecule has 0 fully saturated rings. The molecule has 0 unspecified atom stereocenters. The lowest BCUT2D eigenvalue weighted by Gasteiger charge is -2.22. The predicted molar refractivity (Wildman–Crippen MR) is 117 cm³/mol. The van der Waals surface area contributed by atoms with Crippen molar-refractivity contribution >= 4 is 17.5 Å². The fourth-order valence-corrected chi connectivity index (χ4v) is 3.87. The fraction of sp³-hybridized carbons (Fsp3) is 0.261. The van der Waals surface area contributed by atoms with E-state index in [9.17, 15) is 9.59 Å². The number of aromatic amines is 1. The van der Waals surface area contributed by atoms with Crippen molar-refractivity contribution in [1.29, 1.82) is 0 Å². The molecule has 3 N–H and O–H groups in total. The minimum absolute atomic E-state index is 0.0787. The van der Waals surface area contributed by atoms with Crippen LogP contribution in [0.2, 0.25) is 5.02 Å². The van der Waals surface area contributed by atoms with Crippen LogP contribution in [0.5, 0.6) is 0 Å². The van der Waals surface area contributed by atoms with Crippen molar-refractivity contribution in [2.75, 3.05) is 0 Å². The van der Waals surface area contributed by atoms with Gasteiger partial charge in [0, 0.05) is 39.8 Å². The summed E-state index contributed by atoms with van der Waals surface area (Å²) >= 11 is 6.54. The van der Waals surface area contributed by atoms with Crippen molar-refractivity contribution in [2.45, 2.75) is 40.0 Å². The summed E-state index contributed by atoms with van der Waals surface area (Å²) in [6.07, 6.45) is 1.47. The van der Waals surface area contributed by atoms with Gasteiger partial charge in [-0.3, -0.25) is 14.6 Å². The molecule has 3 rings (SSSR count). The van der Waals surface area contributed by atoms with Gasteiger partial charge in [0.05, 0.1) is 11.3 Å². The lowest BCUT2D eigenvalue weighted by atomic mass is 9.85. The molecular formula is C23H24ClN3O2. The third kappa shape index (κ3) is 4.10. The van der Waals surface area contributed by atoms with Crippen molar-refractivity contribution in [3.05, 3.63) is 74.2 Å². The minimum Gasteiger partial charge on any atom is -0.366 e. The quantitative estimate of drug-likeness (QED) is 0.652. The molecule has 2 heterocycles. The number of rotatable bonds is 3. The number of aryl methyl sites for hydroxylation is 2. The number of pyridine rings is 2. The van der Waals surface area contributed by atoms with E-state index in [0.29, 0.717) is 33.2 Å². The second-order valence-corrected chi connectivity index (χ2v) is 8.65. The number of primary amides is 1. The Hall–Kier alpha value is -2.92. The number of amides is 1. The molecule has 0 saturated heterocycles. The first kappa shape index (κ1) is 20.8. The van der Waals surface area contributed by atoms with E-state index in [0.717, 1.165) is 16.7 Å². The molecular weight excluding hydrogens is 386 g/mol. The molecule has 0 bridgehead atoms. The summed E-state index contributed by atoms with van der Waals surface area (Å²) in [4.78, 5) is 31.9. The van der Waals surface area contributed by atoms with E-state index in [4.69, 9.17) is 17.3 Å². The minimum atomic E-state index is -0.566. The number of carbonyl (C=O) groups excluding carboxylic acids is 1. The Balaban J connectivity index is 2.14. The lowest BCUT2D eigenvalue weighted by molar-refractivity contribution is 0.1000. The van der Waals surface area contributed by atoms with Crippen LogP contribution < -0.4 is 11.2 Å². The summed E-state index contributed by atoms with van der Waals surface area (Å²) in [5, 5.41) is 0.663. The Morgan fingerprint density at radius 1 is 1.14 bits per heavy atom. The van der Waals surface area contributed by atoms with E-state index in [1.165, 1.54) is 24.4 Å². The number of benzene rings is 1. The SMILES string of the molecule is Cc1cc(C(C)(C)C)c(Cl)cc1-c1cc(=O)c(-c2cc(C(N)=O)ccn2)c(C)[nH]1. The fourth-order valence-electron chi connectivity index (χ4n) is 3.42. The molecule has 6 heteroatoms. The Kier molecular flexibility index (Phi) is 5.37. The van der Waals surface area contributed by atoms with Gasteiger partial charge in [0.15, 0.2) is 5.43 Å². The van der Waals surface area contributed by atoms with E-state index in [-0.39, 0.29) is 10.8 Å². The summed E-state index contributed by atoms with van der Waals surface area (Å²) in [5.74, 6) is -0.566. The average Bonchev–Trinajstić information content (AvgIpc) is 2.62. The number of nitrogens with two attached hydrogens (primary N) is 1. The zero-order valence-corrected chi connectivity index (χ0v) is 17.9. The number of aromatic nitrogens is 2. The zero-order chi connectivity index (χ0) is 21.5. The molecule has 0 spiro atoms. The Morgan fingerprint density at radius 2 is 1.83 bits per heavy atom. The highest BCUT2D eigenvalue weighted by Gasteiger charge is 2.20. The molecule has 1 aromatic carbocycles. The van der Waals surface area contributed by atoms with Crippen molar-refractivity contribution in [1.82, 2.24) is 9.97 Å². The smallest absolute Gasteiger partial charge is 0.248 e. The maximum absolute atomic E-state index is 12.9. The highest BCUT2D eigenvalue weighted by atomic mass is 35.5. The van der Waals surface area contributed by atoms with Gasteiger partial charge >= 0.3 is 0 Å². The standard InChI is InChI=1S/C23H24ClN3O2/c1-12-8-16(23(3,4)5)17(24)10-15(12)18-11-20(28)21(13(2)27-18)19-9-14(22(25)29)6-7-26-19/h6-11H,1-5H3,(H2,25,29)(H,27,28). The van der Waals surface area contributed by atoms with E-state index >= 15 is 0 Å². The number of H-pyrrole nitrogens is 1. The summed E-state index contributed by atoms with van der Waals surface area (Å²) in [6, 6.07) is 8.55. The normalized spacial score (nSPS) is 11.5. The number of carbonyl (C=O) groups is 1. The maximum Gasteiger partial charge on any atom is 0.248 e. The Labute approximate surface area is 175 Å². The summed E-state index contributed by atoms with van der Waals surface area (Å²) < 4.78 is 0. The number of nitrogens with one attached hydrogen (secondary N) is 1. The van der Waals surface area contributed by atoms with Gasteiger partial charge in [-0.15, -0.1) is 0 Å². The van der Waals surface area contributed by atoms with Crippen LogP contribution >= 0.6 is 11.6 Å². The third-order valence-corrected chi connectivity index (χ3v) is 5.24. The molecule has 0 atom stereocenters. The monoisotopic (exact) mass is 409 g/mol. The predicted octanol–water partition coefficient (Wildman–Crippen LogP) is 4.77. The summed E-state index contributed by atoms with van der Waals surface area (Å²) in [5.41, 5.74) is 10.5. The van der Waals surface area contributed by atoms with Crippen molar-refractivity contribution in [3.8, 4) is 22.5 Å². The van der Waals surface area contributed by atoms with Crippen LogP contribution in [0.4, 0.5) is 0 Å². The molecule has 0 aliphatic rings. The number of hydrogen-bond acceptors (Lipinski definition) is 3. The van der Waals surface area contributed by atoms with E-state index in [1.807, 2.05) is 13.0 Å². The lowest BCUT2D eigenvalue weighted by Crippen LogP contribution is -2.14. The molecule has 0 aliphatic carbocycles. The van der Waals surface area contributed by atoms with Gasteiger partial charge in [-0.05, 0) is 48.6 Å². The van der Waals surface area contributed by atoms with Gasteiger partial charge in [0.25, 0.3) is 0 Å².